The number of nitrogens with one attached hydrogen (secondary N) is 1. The third-order valence-corrected chi connectivity index (χ3v) is 3.41. The Morgan fingerprint density at radius 2 is 2.07 bits per heavy atom. The van der Waals surface area contributed by atoms with Gasteiger partial charge in [0, 0.05) is 17.3 Å². The zero-order valence-electron chi connectivity index (χ0n) is 8.06. The number of rotatable bonds is 7. The summed E-state index contributed by atoms with van der Waals surface area (Å²) >= 11 is 13.0. The first-order chi connectivity index (χ1) is 6.83. The fraction of sp³-hybridized carbons (Fsp3) is 0.600. The molecule has 14 heavy (non-hydrogen) atoms. The van der Waals surface area contributed by atoms with E-state index in [1.165, 1.54) is 17.7 Å². The van der Waals surface area contributed by atoms with E-state index in [1.807, 2.05) is 6.07 Å². The molecule has 1 heterocycles. The Morgan fingerprint density at radius 1 is 1.21 bits per heavy atom. The summed E-state index contributed by atoms with van der Waals surface area (Å²) in [5.41, 5.74) is 0. The van der Waals surface area contributed by atoms with E-state index in [-0.39, 0.29) is 0 Å². The van der Waals surface area contributed by atoms with Gasteiger partial charge in [0.05, 0.1) is 4.34 Å². The van der Waals surface area contributed by atoms with E-state index >= 15 is 0 Å². The molecule has 0 aliphatic carbocycles. The van der Waals surface area contributed by atoms with Gasteiger partial charge < -0.3 is 5.32 Å². The summed E-state index contributed by atoms with van der Waals surface area (Å²) in [7, 11) is 0. The third-order valence-electron chi connectivity index (χ3n) is 1.92. The molecule has 1 aromatic heterocycles. The van der Waals surface area contributed by atoms with Crippen LogP contribution in [0.1, 0.15) is 24.1 Å². The molecule has 0 bridgehead atoms. The molecule has 80 valence electrons. The van der Waals surface area contributed by atoms with Crippen molar-refractivity contribution in [3.8, 4) is 0 Å². The molecule has 1 rings (SSSR count). The molecule has 4 heteroatoms. The van der Waals surface area contributed by atoms with Crippen molar-refractivity contribution in [2.45, 2.75) is 25.8 Å². The standard InChI is InChI=1S/C10H15Cl2NS/c11-6-2-1-3-7-13-8-9-4-5-10(12)14-9/h4-5,13H,1-3,6-8H2. The summed E-state index contributed by atoms with van der Waals surface area (Å²) in [6.07, 6.45) is 3.53. The number of unbranched alkanes of at least 4 members (excludes halogenated alkanes) is 2. The second-order valence-electron chi connectivity index (χ2n) is 3.13. The smallest absolute Gasteiger partial charge is 0.0931 e. The quantitative estimate of drug-likeness (QED) is 0.573. The van der Waals surface area contributed by atoms with Gasteiger partial charge in [0.15, 0.2) is 0 Å². The first-order valence-corrected chi connectivity index (χ1v) is 6.56. The van der Waals surface area contributed by atoms with Crippen molar-refractivity contribution >= 4 is 34.5 Å². The van der Waals surface area contributed by atoms with E-state index in [0.717, 1.165) is 29.7 Å². The van der Waals surface area contributed by atoms with Gasteiger partial charge in [0.1, 0.15) is 0 Å². The average molecular weight is 252 g/mol. The second-order valence-corrected chi connectivity index (χ2v) is 5.31. The van der Waals surface area contributed by atoms with Crippen LogP contribution in [0.4, 0.5) is 0 Å². The van der Waals surface area contributed by atoms with Crippen molar-refractivity contribution in [2.75, 3.05) is 12.4 Å². The lowest BCUT2D eigenvalue weighted by molar-refractivity contribution is 0.621. The molecule has 0 saturated heterocycles. The van der Waals surface area contributed by atoms with Crippen LogP contribution >= 0.6 is 34.5 Å². The van der Waals surface area contributed by atoms with Crippen LogP contribution < -0.4 is 5.32 Å². The summed E-state index contributed by atoms with van der Waals surface area (Å²) in [5, 5.41) is 3.38. The van der Waals surface area contributed by atoms with Crippen molar-refractivity contribution in [3.05, 3.63) is 21.3 Å². The number of alkyl halides is 1. The van der Waals surface area contributed by atoms with Gasteiger partial charge in [-0.05, 0) is 31.5 Å². The Balaban J connectivity index is 1.99. The number of hydrogen-bond donors (Lipinski definition) is 1. The summed E-state index contributed by atoms with van der Waals surface area (Å²) < 4.78 is 0.865. The van der Waals surface area contributed by atoms with Gasteiger partial charge in [-0.2, -0.15) is 0 Å². The highest BCUT2D eigenvalue weighted by Gasteiger charge is 1.96. The minimum atomic E-state index is 0.778. The maximum Gasteiger partial charge on any atom is 0.0931 e. The van der Waals surface area contributed by atoms with E-state index in [0.29, 0.717) is 0 Å². The van der Waals surface area contributed by atoms with Gasteiger partial charge in [-0.1, -0.05) is 18.0 Å². The molecule has 0 fully saturated rings. The van der Waals surface area contributed by atoms with Gasteiger partial charge in [-0.25, -0.2) is 0 Å². The predicted octanol–water partition coefficient (Wildman–Crippen LogP) is 3.90. The fourth-order valence-corrected chi connectivity index (χ4v) is 2.43. The van der Waals surface area contributed by atoms with Gasteiger partial charge >= 0.3 is 0 Å². The van der Waals surface area contributed by atoms with Gasteiger partial charge in [-0.3, -0.25) is 0 Å². The monoisotopic (exact) mass is 251 g/mol. The number of hydrogen-bond acceptors (Lipinski definition) is 2. The van der Waals surface area contributed by atoms with Crippen LogP contribution in [0.5, 0.6) is 0 Å². The molecule has 0 atom stereocenters. The summed E-state index contributed by atoms with van der Waals surface area (Å²) in [6.45, 7) is 1.99. The maximum absolute atomic E-state index is 5.82. The highest BCUT2D eigenvalue weighted by molar-refractivity contribution is 7.16. The zero-order chi connectivity index (χ0) is 10.2. The molecule has 1 N–H and O–H groups in total. The van der Waals surface area contributed by atoms with Crippen LogP contribution in [0.2, 0.25) is 4.34 Å². The predicted molar refractivity (Wildman–Crippen MR) is 65.6 cm³/mol. The first kappa shape index (κ1) is 12.3. The largest absolute Gasteiger partial charge is 0.312 e. The van der Waals surface area contributed by atoms with E-state index in [4.69, 9.17) is 23.2 Å². The fourth-order valence-electron chi connectivity index (χ4n) is 1.18. The van der Waals surface area contributed by atoms with Gasteiger partial charge in [0.2, 0.25) is 0 Å². The van der Waals surface area contributed by atoms with E-state index in [9.17, 15) is 0 Å². The van der Waals surface area contributed by atoms with Crippen LogP contribution in [-0.2, 0) is 6.54 Å². The Labute approximate surface area is 99.4 Å². The highest BCUT2D eigenvalue weighted by Crippen LogP contribution is 2.20. The maximum atomic E-state index is 5.82. The number of halogens is 2. The lowest BCUT2D eigenvalue weighted by Gasteiger charge is -2.01. The third kappa shape index (κ3) is 5.20. The molecule has 0 unspecified atom stereocenters. The van der Waals surface area contributed by atoms with Crippen molar-refractivity contribution in [1.29, 1.82) is 0 Å². The molecule has 0 aliphatic rings. The second kappa shape index (κ2) is 7.52. The Bertz CT molecular complexity index is 250. The summed E-state index contributed by atoms with van der Waals surface area (Å²) in [5.74, 6) is 0.778. The minimum Gasteiger partial charge on any atom is -0.312 e. The van der Waals surface area contributed by atoms with Crippen LogP contribution in [0.3, 0.4) is 0 Å². The highest BCUT2D eigenvalue weighted by atomic mass is 35.5. The minimum absolute atomic E-state index is 0.778. The summed E-state index contributed by atoms with van der Waals surface area (Å²) in [4.78, 5) is 1.30. The molecule has 0 spiro atoms. The van der Waals surface area contributed by atoms with E-state index in [1.54, 1.807) is 11.3 Å². The molecule has 0 aliphatic heterocycles. The van der Waals surface area contributed by atoms with Crippen LogP contribution in [0.25, 0.3) is 0 Å². The van der Waals surface area contributed by atoms with Crippen LogP contribution in [0, 0.1) is 0 Å². The van der Waals surface area contributed by atoms with Crippen molar-refractivity contribution < 1.29 is 0 Å². The first-order valence-electron chi connectivity index (χ1n) is 4.84. The summed E-state index contributed by atoms with van der Waals surface area (Å²) in [6, 6.07) is 4.01. The molecule has 1 nitrogen and oxygen atoms in total. The average Bonchev–Trinajstić information content (AvgIpc) is 2.58. The number of thiophene rings is 1. The van der Waals surface area contributed by atoms with Crippen LogP contribution in [-0.4, -0.2) is 12.4 Å². The van der Waals surface area contributed by atoms with Crippen molar-refractivity contribution in [1.82, 2.24) is 5.32 Å². The van der Waals surface area contributed by atoms with Gasteiger partial charge in [-0.15, -0.1) is 22.9 Å². The topological polar surface area (TPSA) is 12.0 Å². The molecule has 0 amide bonds. The normalized spacial score (nSPS) is 10.7. The molecule has 0 radical (unpaired) electrons. The van der Waals surface area contributed by atoms with E-state index in [2.05, 4.69) is 11.4 Å². The lowest BCUT2D eigenvalue weighted by Crippen LogP contribution is -2.13. The molecular formula is C10H15Cl2NS. The zero-order valence-corrected chi connectivity index (χ0v) is 10.4. The van der Waals surface area contributed by atoms with Crippen molar-refractivity contribution in [2.24, 2.45) is 0 Å². The molecule has 0 aromatic carbocycles. The van der Waals surface area contributed by atoms with E-state index < -0.39 is 0 Å². The SMILES string of the molecule is ClCCCCCNCc1ccc(Cl)s1. The Kier molecular flexibility index (Phi) is 6.61. The molecule has 0 saturated carbocycles. The Hall–Kier alpha value is 0.240. The van der Waals surface area contributed by atoms with Crippen LogP contribution in [0.15, 0.2) is 12.1 Å². The Morgan fingerprint density at radius 3 is 2.71 bits per heavy atom. The van der Waals surface area contributed by atoms with Gasteiger partial charge in [0.25, 0.3) is 0 Å². The molecule has 1 aromatic rings. The lowest BCUT2D eigenvalue weighted by atomic mass is 10.2. The van der Waals surface area contributed by atoms with Crippen molar-refractivity contribution in [3.63, 3.8) is 0 Å². The molecular weight excluding hydrogens is 237 g/mol.